The molecule has 0 saturated carbocycles. The first-order chi connectivity index (χ1) is 5.96. The van der Waals surface area contributed by atoms with Crippen LogP contribution >= 0.6 is 11.6 Å². The monoisotopic (exact) mass is 199 g/mol. The van der Waals surface area contributed by atoms with Crippen LogP contribution in [0.1, 0.15) is 26.5 Å². The Morgan fingerprint density at radius 3 is 2.46 bits per heavy atom. The molecule has 0 N–H and O–H groups in total. The van der Waals surface area contributed by atoms with Crippen LogP contribution in [0, 0.1) is 0 Å². The predicted molar refractivity (Wildman–Crippen MR) is 54.5 cm³/mol. The van der Waals surface area contributed by atoms with E-state index in [1.807, 2.05) is 0 Å². The highest BCUT2D eigenvalue weighted by atomic mass is 35.5. The summed E-state index contributed by atoms with van der Waals surface area (Å²) in [6.07, 6.45) is 1.71. The third-order valence-electron chi connectivity index (χ3n) is 1.78. The lowest BCUT2D eigenvalue weighted by atomic mass is 9.91. The molecule has 0 spiro atoms. The average Bonchev–Trinajstić information content (AvgIpc) is 2.02. The van der Waals surface area contributed by atoms with Crippen molar-refractivity contribution in [2.45, 2.75) is 26.2 Å². The van der Waals surface area contributed by atoms with Crippen molar-refractivity contribution in [3.05, 3.63) is 23.0 Å². The van der Waals surface area contributed by atoms with Crippen molar-refractivity contribution >= 4 is 11.6 Å². The fourth-order valence-electron chi connectivity index (χ4n) is 1.11. The van der Waals surface area contributed by atoms with E-state index in [0.717, 1.165) is 5.69 Å². The zero-order chi connectivity index (χ0) is 10.1. The number of pyridine rings is 1. The molecule has 1 heterocycles. The van der Waals surface area contributed by atoms with Crippen molar-refractivity contribution in [2.24, 2.45) is 0 Å². The van der Waals surface area contributed by atoms with Crippen LogP contribution in [0.25, 0.3) is 0 Å². The van der Waals surface area contributed by atoms with Crippen LogP contribution in [0.2, 0.25) is 5.02 Å². The molecule has 72 valence electrons. The summed E-state index contributed by atoms with van der Waals surface area (Å²) in [6, 6.07) is 1.76. The van der Waals surface area contributed by atoms with Gasteiger partial charge in [0.05, 0.1) is 12.8 Å². The lowest BCUT2D eigenvalue weighted by molar-refractivity contribution is 0.411. The van der Waals surface area contributed by atoms with E-state index in [2.05, 4.69) is 25.8 Å². The fraction of sp³-hybridized carbons (Fsp3) is 0.500. The normalized spacial score (nSPS) is 11.5. The number of hydrogen-bond acceptors (Lipinski definition) is 2. The number of ether oxygens (including phenoxy) is 1. The summed E-state index contributed by atoms with van der Waals surface area (Å²) >= 11 is 6.11. The molecule has 0 atom stereocenters. The summed E-state index contributed by atoms with van der Waals surface area (Å²) in [4.78, 5) is 4.25. The third-order valence-corrected chi connectivity index (χ3v) is 2.15. The molecular formula is C10H14ClNO. The Bertz CT molecular complexity index is 304. The Morgan fingerprint density at radius 2 is 2.00 bits per heavy atom. The second-order valence-electron chi connectivity index (χ2n) is 3.93. The van der Waals surface area contributed by atoms with E-state index in [1.165, 1.54) is 0 Å². The van der Waals surface area contributed by atoms with Crippen molar-refractivity contribution in [1.29, 1.82) is 0 Å². The van der Waals surface area contributed by atoms with Crippen LogP contribution < -0.4 is 4.74 Å². The Morgan fingerprint density at radius 1 is 1.38 bits per heavy atom. The van der Waals surface area contributed by atoms with Gasteiger partial charge in [0.15, 0.2) is 0 Å². The first-order valence-electron chi connectivity index (χ1n) is 4.16. The second-order valence-corrected chi connectivity index (χ2v) is 4.30. The Kier molecular flexibility index (Phi) is 2.81. The van der Waals surface area contributed by atoms with Crippen LogP contribution in [-0.4, -0.2) is 12.1 Å². The SMILES string of the molecule is COc1ccnc(C(C)(C)C)c1Cl. The fourth-order valence-corrected chi connectivity index (χ4v) is 1.58. The van der Waals surface area contributed by atoms with Crippen molar-refractivity contribution in [3.63, 3.8) is 0 Å². The standard InChI is InChI=1S/C10H14ClNO/c1-10(2,3)9-8(11)7(13-4)5-6-12-9/h5-6H,1-4H3. The molecule has 3 heteroatoms. The molecule has 1 rings (SSSR count). The van der Waals surface area contributed by atoms with Crippen molar-refractivity contribution < 1.29 is 4.74 Å². The van der Waals surface area contributed by atoms with Crippen molar-refractivity contribution in [2.75, 3.05) is 7.11 Å². The highest BCUT2D eigenvalue weighted by Gasteiger charge is 2.20. The molecule has 13 heavy (non-hydrogen) atoms. The maximum Gasteiger partial charge on any atom is 0.140 e. The van der Waals surface area contributed by atoms with E-state index in [9.17, 15) is 0 Å². The highest BCUT2D eigenvalue weighted by molar-refractivity contribution is 6.32. The lowest BCUT2D eigenvalue weighted by Gasteiger charge is -2.19. The van der Waals surface area contributed by atoms with Gasteiger partial charge in [-0.1, -0.05) is 32.4 Å². The molecule has 0 aliphatic carbocycles. The Hall–Kier alpha value is -0.760. The topological polar surface area (TPSA) is 22.1 Å². The second kappa shape index (κ2) is 3.54. The van der Waals surface area contributed by atoms with Crippen LogP contribution in [0.15, 0.2) is 12.3 Å². The molecule has 0 fully saturated rings. The summed E-state index contributed by atoms with van der Waals surface area (Å²) in [6.45, 7) is 6.21. The molecule has 0 amide bonds. The average molecular weight is 200 g/mol. The molecule has 0 aliphatic heterocycles. The zero-order valence-electron chi connectivity index (χ0n) is 8.39. The van der Waals surface area contributed by atoms with Gasteiger partial charge in [-0.25, -0.2) is 0 Å². The van der Waals surface area contributed by atoms with Gasteiger partial charge in [0.25, 0.3) is 0 Å². The van der Waals surface area contributed by atoms with Gasteiger partial charge >= 0.3 is 0 Å². The Labute approximate surface area is 83.9 Å². The van der Waals surface area contributed by atoms with Gasteiger partial charge in [0.1, 0.15) is 10.8 Å². The smallest absolute Gasteiger partial charge is 0.140 e. The van der Waals surface area contributed by atoms with Gasteiger partial charge in [-0.3, -0.25) is 4.98 Å². The van der Waals surface area contributed by atoms with E-state index in [0.29, 0.717) is 10.8 Å². The van der Waals surface area contributed by atoms with Crippen LogP contribution in [0.5, 0.6) is 5.75 Å². The molecule has 0 radical (unpaired) electrons. The van der Waals surface area contributed by atoms with Crippen molar-refractivity contribution in [1.82, 2.24) is 4.98 Å². The molecule has 0 saturated heterocycles. The van der Waals surface area contributed by atoms with E-state index in [1.54, 1.807) is 19.4 Å². The number of nitrogens with zero attached hydrogens (tertiary/aromatic N) is 1. The summed E-state index contributed by atoms with van der Waals surface area (Å²) in [7, 11) is 1.60. The molecule has 1 aromatic heterocycles. The zero-order valence-corrected chi connectivity index (χ0v) is 9.14. The van der Waals surface area contributed by atoms with Crippen LogP contribution in [-0.2, 0) is 5.41 Å². The molecule has 0 aromatic carbocycles. The molecule has 0 unspecified atom stereocenters. The minimum absolute atomic E-state index is 0.0500. The highest BCUT2D eigenvalue weighted by Crippen LogP contribution is 2.33. The number of methoxy groups -OCH3 is 1. The summed E-state index contributed by atoms with van der Waals surface area (Å²) in [5.41, 5.74) is 0.819. The lowest BCUT2D eigenvalue weighted by Crippen LogP contribution is -2.14. The quantitative estimate of drug-likeness (QED) is 0.694. The largest absolute Gasteiger partial charge is 0.495 e. The van der Waals surface area contributed by atoms with Gasteiger partial charge < -0.3 is 4.74 Å². The van der Waals surface area contributed by atoms with Gasteiger partial charge in [0.2, 0.25) is 0 Å². The predicted octanol–water partition coefficient (Wildman–Crippen LogP) is 3.04. The molecule has 1 aromatic rings. The van der Waals surface area contributed by atoms with Crippen LogP contribution in [0.4, 0.5) is 0 Å². The number of halogens is 1. The maximum absolute atomic E-state index is 6.11. The van der Waals surface area contributed by atoms with Gasteiger partial charge in [-0.2, -0.15) is 0 Å². The van der Waals surface area contributed by atoms with Crippen LogP contribution in [0.3, 0.4) is 0 Å². The van der Waals surface area contributed by atoms with Gasteiger partial charge in [0, 0.05) is 17.7 Å². The van der Waals surface area contributed by atoms with Gasteiger partial charge in [-0.15, -0.1) is 0 Å². The first-order valence-corrected chi connectivity index (χ1v) is 4.53. The molecule has 0 aliphatic rings. The molecule has 0 bridgehead atoms. The van der Waals surface area contributed by atoms with E-state index >= 15 is 0 Å². The van der Waals surface area contributed by atoms with Crippen molar-refractivity contribution in [3.8, 4) is 5.75 Å². The molecule has 2 nitrogen and oxygen atoms in total. The maximum atomic E-state index is 6.11. The number of hydrogen-bond donors (Lipinski definition) is 0. The molecular weight excluding hydrogens is 186 g/mol. The van der Waals surface area contributed by atoms with E-state index in [-0.39, 0.29) is 5.41 Å². The number of rotatable bonds is 1. The summed E-state index contributed by atoms with van der Waals surface area (Å²) in [5.74, 6) is 0.682. The van der Waals surface area contributed by atoms with E-state index < -0.39 is 0 Å². The van der Waals surface area contributed by atoms with E-state index in [4.69, 9.17) is 16.3 Å². The minimum atomic E-state index is -0.0500. The Balaban J connectivity index is 3.24. The van der Waals surface area contributed by atoms with Gasteiger partial charge in [-0.05, 0) is 0 Å². The summed E-state index contributed by atoms with van der Waals surface area (Å²) in [5, 5.41) is 0.609. The third kappa shape index (κ3) is 2.13. The first kappa shape index (κ1) is 10.3. The minimum Gasteiger partial charge on any atom is -0.495 e. The summed E-state index contributed by atoms with van der Waals surface area (Å²) < 4.78 is 5.11. The number of aromatic nitrogens is 1.